The predicted octanol–water partition coefficient (Wildman–Crippen LogP) is 4.28. The van der Waals surface area contributed by atoms with Crippen LogP contribution < -0.4 is 5.32 Å². The van der Waals surface area contributed by atoms with Gasteiger partial charge in [0.25, 0.3) is 0 Å². The summed E-state index contributed by atoms with van der Waals surface area (Å²) in [5, 5.41) is 3.40. The Morgan fingerprint density at radius 1 is 1.19 bits per heavy atom. The Bertz CT molecular complexity index is 416. The average Bonchev–Trinajstić information content (AvgIpc) is 2.39. The van der Waals surface area contributed by atoms with E-state index in [2.05, 4.69) is 67.1 Å². The van der Waals surface area contributed by atoms with E-state index in [0.29, 0.717) is 19.8 Å². The highest BCUT2D eigenvalue weighted by atomic mass is 79.9. The van der Waals surface area contributed by atoms with Crippen LogP contribution in [0.3, 0.4) is 0 Å². The highest BCUT2D eigenvalue weighted by Gasteiger charge is 2.09. The van der Waals surface area contributed by atoms with Gasteiger partial charge in [0.15, 0.2) is 0 Å². The highest BCUT2D eigenvalue weighted by Crippen LogP contribution is 2.19. The molecular formula is C17H28BrNO2. The highest BCUT2D eigenvalue weighted by molar-refractivity contribution is 9.10. The fourth-order valence-electron chi connectivity index (χ4n) is 1.82. The monoisotopic (exact) mass is 357 g/mol. The first-order chi connectivity index (χ1) is 9.92. The van der Waals surface area contributed by atoms with Crippen LogP contribution in [0.4, 0.5) is 0 Å². The van der Waals surface area contributed by atoms with E-state index in [1.807, 2.05) is 0 Å². The van der Waals surface area contributed by atoms with Gasteiger partial charge in [-0.1, -0.05) is 35.0 Å². The third kappa shape index (κ3) is 8.57. The van der Waals surface area contributed by atoms with Crippen molar-refractivity contribution in [2.75, 3.05) is 19.8 Å². The Kier molecular flexibility index (Phi) is 8.49. The van der Waals surface area contributed by atoms with Gasteiger partial charge in [0.1, 0.15) is 0 Å². The third-order valence-corrected chi connectivity index (χ3v) is 3.63. The molecule has 0 aromatic heterocycles. The molecule has 0 amide bonds. The number of halogens is 1. The molecule has 0 bridgehead atoms. The largest absolute Gasteiger partial charge is 0.374 e. The molecule has 0 spiro atoms. The van der Waals surface area contributed by atoms with Crippen molar-refractivity contribution in [1.82, 2.24) is 5.32 Å². The summed E-state index contributed by atoms with van der Waals surface area (Å²) in [4.78, 5) is 0. The molecular weight excluding hydrogens is 330 g/mol. The molecule has 0 aliphatic heterocycles. The van der Waals surface area contributed by atoms with Crippen molar-refractivity contribution in [3.63, 3.8) is 0 Å². The molecule has 0 saturated heterocycles. The summed E-state index contributed by atoms with van der Waals surface area (Å²) >= 11 is 3.62. The summed E-state index contributed by atoms with van der Waals surface area (Å²) in [5.41, 5.74) is 2.36. The van der Waals surface area contributed by atoms with E-state index in [-0.39, 0.29) is 5.60 Å². The van der Waals surface area contributed by atoms with Crippen LogP contribution in [0, 0.1) is 0 Å². The van der Waals surface area contributed by atoms with Crippen molar-refractivity contribution in [2.45, 2.75) is 52.9 Å². The van der Waals surface area contributed by atoms with Crippen LogP contribution in [-0.4, -0.2) is 25.4 Å². The lowest BCUT2D eigenvalue weighted by atomic mass is 10.1. The molecule has 1 aromatic carbocycles. The van der Waals surface area contributed by atoms with E-state index in [4.69, 9.17) is 9.47 Å². The maximum Gasteiger partial charge on any atom is 0.0728 e. The summed E-state index contributed by atoms with van der Waals surface area (Å²) in [6.07, 6.45) is 1.16. The second kappa shape index (κ2) is 9.57. The van der Waals surface area contributed by atoms with Crippen LogP contribution in [-0.2, 0) is 22.6 Å². The van der Waals surface area contributed by atoms with Crippen molar-refractivity contribution < 1.29 is 9.47 Å². The van der Waals surface area contributed by atoms with E-state index >= 15 is 0 Å². The topological polar surface area (TPSA) is 30.5 Å². The zero-order chi connectivity index (χ0) is 15.7. The van der Waals surface area contributed by atoms with Gasteiger partial charge in [0, 0.05) is 11.0 Å². The third-order valence-electron chi connectivity index (χ3n) is 2.89. The van der Waals surface area contributed by atoms with Gasteiger partial charge in [0.05, 0.1) is 25.4 Å². The Hall–Kier alpha value is -0.420. The molecule has 0 heterocycles. The molecule has 3 nitrogen and oxygen atoms in total. The summed E-state index contributed by atoms with van der Waals surface area (Å²) < 4.78 is 12.4. The fraction of sp³-hybridized carbons (Fsp3) is 0.647. The normalized spacial score (nSPS) is 11.9. The van der Waals surface area contributed by atoms with Crippen LogP contribution in [0.25, 0.3) is 0 Å². The zero-order valence-electron chi connectivity index (χ0n) is 13.7. The van der Waals surface area contributed by atoms with Crippen LogP contribution in [0.1, 0.15) is 45.2 Å². The first kappa shape index (κ1) is 18.6. The first-order valence-corrected chi connectivity index (χ1v) is 8.41. The Labute approximate surface area is 137 Å². The molecule has 0 aliphatic carbocycles. The zero-order valence-corrected chi connectivity index (χ0v) is 15.3. The minimum Gasteiger partial charge on any atom is -0.374 e. The lowest BCUT2D eigenvalue weighted by molar-refractivity contribution is -0.0377. The van der Waals surface area contributed by atoms with Gasteiger partial charge >= 0.3 is 0 Å². The Balaban J connectivity index is 2.32. The molecule has 0 aliphatic rings. The Morgan fingerprint density at radius 3 is 2.57 bits per heavy atom. The van der Waals surface area contributed by atoms with Gasteiger partial charge < -0.3 is 14.8 Å². The number of hydrogen-bond acceptors (Lipinski definition) is 3. The van der Waals surface area contributed by atoms with E-state index < -0.39 is 0 Å². The van der Waals surface area contributed by atoms with Crippen LogP contribution in [0.2, 0.25) is 0 Å². The van der Waals surface area contributed by atoms with Crippen molar-refractivity contribution in [3.8, 4) is 0 Å². The molecule has 1 aromatic rings. The fourth-order valence-corrected chi connectivity index (χ4v) is 2.36. The number of rotatable bonds is 9. The quantitative estimate of drug-likeness (QED) is 0.669. The predicted molar refractivity (Wildman–Crippen MR) is 91.5 cm³/mol. The van der Waals surface area contributed by atoms with Crippen molar-refractivity contribution in [1.29, 1.82) is 0 Å². The molecule has 0 unspecified atom stereocenters. The first-order valence-electron chi connectivity index (χ1n) is 7.62. The van der Waals surface area contributed by atoms with E-state index in [1.54, 1.807) is 0 Å². The van der Waals surface area contributed by atoms with Gasteiger partial charge in [-0.3, -0.25) is 0 Å². The van der Waals surface area contributed by atoms with Gasteiger partial charge in [-0.05, 0) is 50.9 Å². The summed E-state index contributed by atoms with van der Waals surface area (Å²) in [6, 6.07) is 6.43. The van der Waals surface area contributed by atoms with Crippen LogP contribution in [0.15, 0.2) is 22.7 Å². The minimum atomic E-state index is -0.100. The van der Waals surface area contributed by atoms with Gasteiger partial charge in [-0.25, -0.2) is 0 Å². The molecule has 0 fully saturated rings. The van der Waals surface area contributed by atoms with Gasteiger partial charge in [-0.2, -0.15) is 0 Å². The molecule has 21 heavy (non-hydrogen) atoms. The maximum atomic E-state index is 5.66. The lowest BCUT2D eigenvalue weighted by Gasteiger charge is -2.19. The molecule has 0 atom stereocenters. The number of hydrogen-bond donors (Lipinski definition) is 1. The Morgan fingerprint density at radius 2 is 1.95 bits per heavy atom. The molecule has 0 saturated carbocycles. The second-order valence-corrected chi connectivity index (χ2v) is 6.97. The van der Waals surface area contributed by atoms with E-state index in [9.17, 15) is 0 Å². The summed E-state index contributed by atoms with van der Waals surface area (Å²) in [5.74, 6) is 0. The van der Waals surface area contributed by atoms with E-state index in [0.717, 1.165) is 24.0 Å². The molecule has 120 valence electrons. The minimum absolute atomic E-state index is 0.100. The SMILES string of the molecule is CCCNCc1ccc(COCCOC(C)(C)C)c(Br)c1. The number of nitrogens with one attached hydrogen (secondary N) is 1. The van der Waals surface area contributed by atoms with E-state index in [1.165, 1.54) is 11.1 Å². The number of ether oxygens (including phenoxy) is 2. The number of benzene rings is 1. The van der Waals surface area contributed by atoms with Crippen molar-refractivity contribution in [2.24, 2.45) is 0 Å². The smallest absolute Gasteiger partial charge is 0.0728 e. The average molecular weight is 358 g/mol. The van der Waals surface area contributed by atoms with Crippen molar-refractivity contribution >= 4 is 15.9 Å². The second-order valence-electron chi connectivity index (χ2n) is 6.12. The standard InChI is InChI=1S/C17H28BrNO2/c1-5-8-19-12-14-6-7-15(16(18)11-14)13-20-9-10-21-17(2,3)4/h6-7,11,19H,5,8-10,12-13H2,1-4H3. The van der Waals surface area contributed by atoms with Gasteiger partial charge in [0.2, 0.25) is 0 Å². The molecule has 1 N–H and O–H groups in total. The van der Waals surface area contributed by atoms with Crippen LogP contribution in [0.5, 0.6) is 0 Å². The molecule has 0 radical (unpaired) electrons. The molecule has 1 rings (SSSR count). The molecule has 4 heteroatoms. The van der Waals surface area contributed by atoms with Crippen molar-refractivity contribution in [3.05, 3.63) is 33.8 Å². The lowest BCUT2D eigenvalue weighted by Crippen LogP contribution is -2.21. The van der Waals surface area contributed by atoms with Gasteiger partial charge in [-0.15, -0.1) is 0 Å². The summed E-state index contributed by atoms with van der Waals surface area (Å²) in [6.45, 7) is 12.1. The maximum absolute atomic E-state index is 5.66. The summed E-state index contributed by atoms with van der Waals surface area (Å²) in [7, 11) is 0. The van der Waals surface area contributed by atoms with Crippen LogP contribution >= 0.6 is 15.9 Å².